The molecule has 1 amide bonds. The van der Waals surface area contributed by atoms with Gasteiger partial charge >= 0.3 is 0 Å². The summed E-state index contributed by atoms with van der Waals surface area (Å²) >= 11 is 1.37. The highest BCUT2D eigenvalue weighted by molar-refractivity contribution is 8.18. The van der Waals surface area contributed by atoms with Crippen LogP contribution >= 0.6 is 11.8 Å². The van der Waals surface area contributed by atoms with Gasteiger partial charge in [-0.05, 0) is 18.7 Å². The van der Waals surface area contributed by atoms with Gasteiger partial charge in [0.15, 0.2) is 5.17 Å². The van der Waals surface area contributed by atoms with Crippen LogP contribution < -0.4 is 5.32 Å². The summed E-state index contributed by atoms with van der Waals surface area (Å²) in [5, 5.41) is 3.29. The Morgan fingerprint density at radius 2 is 2.40 bits per heavy atom. The fraction of sp³-hybridized carbons (Fsp3) is 0.333. The van der Waals surface area contributed by atoms with Gasteiger partial charge in [-0.15, -0.1) is 0 Å². The third-order valence-electron chi connectivity index (χ3n) is 1.12. The van der Waals surface area contributed by atoms with Crippen molar-refractivity contribution in [2.24, 2.45) is 4.99 Å². The van der Waals surface area contributed by atoms with E-state index in [1.165, 1.54) is 11.8 Å². The van der Waals surface area contributed by atoms with Crippen molar-refractivity contribution < 1.29 is 4.79 Å². The smallest absolute Gasteiger partial charge is 0.263 e. The number of nitrogens with one attached hydrogen (secondary N) is 1. The molecular weight excluding hydrogens is 148 g/mol. The summed E-state index contributed by atoms with van der Waals surface area (Å²) in [4.78, 5) is 15.5. The highest BCUT2D eigenvalue weighted by Gasteiger charge is 2.21. The molecule has 1 heterocycles. The number of amides is 1. The topological polar surface area (TPSA) is 41.5 Å². The second-order valence-corrected chi connectivity index (χ2v) is 2.77. The molecule has 4 heteroatoms. The minimum atomic E-state index is -0.0481. The molecule has 0 radical (unpaired) electrons. The number of nitrogens with zero attached hydrogens (tertiary/aromatic N) is 1. The number of hydrogen-bond acceptors (Lipinski definition) is 3. The van der Waals surface area contributed by atoms with Gasteiger partial charge in [0.05, 0.1) is 4.91 Å². The Hall–Kier alpha value is -0.770. The van der Waals surface area contributed by atoms with E-state index in [9.17, 15) is 4.79 Å². The Morgan fingerprint density at radius 1 is 1.70 bits per heavy atom. The van der Waals surface area contributed by atoms with Crippen molar-refractivity contribution in [3.63, 3.8) is 0 Å². The van der Waals surface area contributed by atoms with Crippen LogP contribution in [-0.2, 0) is 4.79 Å². The molecule has 0 atom stereocenters. The second kappa shape index (κ2) is 2.88. The van der Waals surface area contributed by atoms with Gasteiger partial charge in [-0.2, -0.15) is 0 Å². The van der Waals surface area contributed by atoms with Gasteiger partial charge in [-0.1, -0.05) is 6.08 Å². The minimum Gasteiger partial charge on any atom is -0.301 e. The lowest BCUT2D eigenvalue weighted by Crippen LogP contribution is -2.19. The van der Waals surface area contributed by atoms with Gasteiger partial charge in [0.2, 0.25) is 0 Å². The molecule has 0 aliphatic carbocycles. The Kier molecular flexibility index (Phi) is 2.11. The standard InChI is InChI=1S/C6H8N2OS/c1-3-4-5(9)8-6(7-2)10-4/h3H,1-2H3,(H,7,8,9). The molecule has 3 nitrogen and oxygen atoms in total. The summed E-state index contributed by atoms with van der Waals surface area (Å²) in [5.74, 6) is -0.0481. The predicted octanol–water partition coefficient (Wildman–Crippen LogP) is 0.739. The average Bonchev–Trinajstić information content (AvgIpc) is 2.30. The third kappa shape index (κ3) is 1.21. The number of carbonyl (C=O) groups is 1. The largest absolute Gasteiger partial charge is 0.301 e. The highest BCUT2D eigenvalue weighted by Crippen LogP contribution is 2.22. The van der Waals surface area contributed by atoms with Crippen molar-refractivity contribution in [3.05, 3.63) is 11.0 Å². The molecule has 1 saturated heterocycles. The van der Waals surface area contributed by atoms with Crippen molar-refractivity contribution in [3.8, 4) is 0 Å². The molecule has 0 aromatic heterocycles. The van der Waals surface area contributed by atoms with E-state index in [4.69, 9.17) is 0 Å². The Morgan fingerprint density at radius 3 is 2.70 bits per heavy atom. The van der Waals surface area contributed by atoms with Crippen molar-refractivity contribution >= 4 is 22.8 Å². The van der Waals surface area contributed by atoms with E-state index in [-0.39, 0.29) is 5.91 Å². The van der Waals surface area contributed by atoms with E-state index in [2.05, 4.69) is 10.3 Å². The quantitative estimate of drug-likeness (QED) is 0.525. The van der Waals surface area contributed by atoms with Crippen LogP contribution in [0.15, 0.2) is 16.0 Å². The Balaban J connectivity index is 2.80. The number of aliphatic imine (C=N–C) groups is 1. The first-order valence-corrected chi connectivity index (χ1v) is 3.72. The molecule has 0 unspecified atom stereocenters. The van der Waals surface area contributed by atoms with E-state index in [0.29, 0.717) is 5.17 Å². The van der Waals surface area contributed by atoms with Crippen LogP contribution in [0, 0.1) is 0 Å². The zero-order chi connectivity index (χ0) is 7.56. The summed E-state index contributed by atoms with van der Waals surface area (Å²) in [6, 6.07) is 0. The number of amidine groups is 1. The average molecular weight is 156 g/mol. The molecule has 1 fully saturated rings. The van der Waals surface area contributed by atoms with Gasteiger partial charge in [0, 0.05) is 7.05 Å². The van der Waals surface area contributed by atoms with Gasteiger partial charge in [-0.3, -0.25) is 9.79 Å². The van der Waals surface area contributed by atoms with Crippen LogP contribution in [-0.4, -0.2) is 18.1 Å². The summed E-state index contributed by atoms with van der Waals surface area (Å²) in [5.41, 5.74) is 0. The highest BCUT2D eigenvalue weighted by atomic mass is 32.2. The second-order valence-electron chi connectivity index (χ2n) is 1.74. The molecule has 0 bridgehead atoms. The molecule has 10 heavy (non-hydrogen) atoms. The van der Waals surface area contributed by atoms with E-state index in [0.717, 1.165) is 4.91 Å². The number of allylic oxidation sites excluding steroid dienone is 1. The fourth-order valence-corrected chi connectivity index (χ4v) is 1.33. The zero-order valence-corrected chi connectivity index (χ0v) is 6.66. The molecule has 1 N–H and O–H groups in total. The number of rotatable bonds is 0. The molecule has 0 spiro atoms. The van der Waals surface area contributed by atoms with Crippen molar-refractivity contribution in [2.45, 2.75) is 6.92 Å². The molecular formula is C6H8N2OS. The first-order valence-electron chi connectivity index (χ1n) is 2.90. The van der Waals surface area contributed by atoms with Gasteiger partial charge < -0.3 is 5.32 Å². The van der Waals surface area contributed by atoms with Crippen LogP contribution in [0.25, 0.3) is 0 Å². The van der Waals surface area contributed by atoms with Gasteiger partial charge in [0.25, 0.3) is 5.91 Å². The van der Waals surface area contributed by atoms with Crippen LogP contribution in [0.4, 0.5) is 0 Å². The molecule has 54 valence electrons. The van der Waals surface area contributed by atoms with Crippen LogP contribution in [0.5, 0.6) is 0 Å². The summed E-state index contributed by atoms with van der Waals surface area (Å²) < 4.78 is 0. The summed E-state index contributed by atoms with van der Waals surface area (Å²) in [6.07, 6.45) is 1.78. The molecule has 1 aliphatic heterocycles. The molecule has 1 rings (SSSR count). The van der Waals surface area contributed by atoms with Crippen LogP contribution in [0.2, 0.25) is 0 Å². The molecule has 0 aromatic rings. The monoisotopic (exact) mass is 156 g/mol. The van der Waals surface area contributed by atoms with E-state index >= 15 is 0 Å². The Labute approximate surface area is 63.6 Å². The van der Waals surface area contributed by atoms with Crippen molar-refractivity contribution in [1.82, 2.24) is 5.32 Å². The fourth-order valence-electron chi connectivity index (χ4n) is 0.626. The normalized spacial score (nSPS) is 26.0. The first kappa shape index (κ1) is 7.34. The van der Waals surface area contributed by atoms with E-state index < -0.39 is 0 Å². The minimum absolute atomic E-state index is 0.0481. The predicted molar refractivity (Wildman–Crippen MR) is 42.8 cm³/mol. The Bertz CT molecular complexity index is 220. The van der Waals surface area contributed by atoms with E-state index in [1.807, 2.05) is 6.92 Å². The first-order chi connectivity index (χ1) is 4.77. The summed E-state index contributed by atoms with van der Waals surface area (Å²) in [7, 11) is 1.65. The number of carbonyl (C=O) groups excluding carboxylic acids is 1. The lowest BCUT2D eigenvalue weighted by atomic mass is 10.5. The maximum atomic E-state index is 10.9. The molecule has 0 saturated carbocycles. The molecule has 0 aromatic carbocycles. The zero-order valence-electron chi connectivity index (χ0n) is 5.84. The SMILES string of the molecule is CC=C1SC(=NC)NC1=O. The van der Waals surface area contributed by atoms with Crippen LogP contribution in [0.1, 0.15) is 6.92 Å². The maximum absolute atomic E-state index is 10.9. The van der Waals surface area contributed by atoms with Gasteiger partial charge in [-0.25, -0.2) is 0 Å². The van der Waals surface area contributed by atoms with Crippen LogP contribution in [0.3, 0.4) is 0 Å². The van der Waals surface area contributed by atoms with Gasteiger partial charge in [0.1, 0.15) is 0 Å². The maximum Gasteiger partial charge on any atom is 0.263 e. The third-order valence-corrected chi connectivity index (χ3v) is 2.24. The lowest BCUT2D eigenvalue weighted by molar-refractivity contribution is -0.115. The van der Waals surface area contributed by atoms with Crippen molar-refractivity contribution in [2.75, 3.05) is 7.05 Å². The number of hydrogen-bond donors (Lipinski definition) is 1. The summed E-state index contributed by atoms with van der Waals surface area (Å²) in [6.45, 7) is 1.83. The van der Waals surface area contributed by atoms with E-state index in [1.54, 1.807) is 13.1 Å². The number of thioether (sulfide) groups is 1. The van der Waals surface area contributed by atoms with Crippen molar-refractivity contribution in [1.29, 1.82) is 0 Å². The molecule has 1 aliphatic rings. The lowest BCUT2D eigenvalue weighted by Gasteiger charge is -1.85.